The van der Waals surface area contributed by atoms with Gasteiger partial charge in [-0.15, -0.1) is 0 Å². The Morgan fingerprint density at radius 2 is 1.60 bits per heavy atom. The highest BCUT2D eigenvalue weighted by molar-refractivity contribution is 6.33. The van der Waals surface area contributed by atoms with Crippen LogP contribution in [0.1, 0.15) is 26.3 Å². The zero-order valence-corrected chi connectivity index (χ0v) is 15.0. The van der Waals surface area contributed by atoms with E-state index in [4.69, 9.17) is 11.6 Å². The maximum Gasteiger partial charge on any atom is 0.255 e. The van der Waals surface area contributed by atoms with Crippen LogP contribution in [0.5, 0.6) is 0 Å². The summed E-state index contributed by atoms with van der Waals surface area (Å²) in [6.07, 6.45) is 0. The normalized spacial score (nSPS) is 15.2. The average molecular weight is 357 g/mol. The summed E-state index contributed by atoms with van der Waals surface area (Å²) in [6.45, 7) is 4.97. The Morgan fingerprint density at radius 3 is 2.24 bits per heavy atom. The van der Waals surface area contributed by atoms with Crippen LogP contribution in [0.3, 0.4) is 0 Å². The molecule has 1 saturated heterocycles. The lowest BCUT2D eigenvalue weighted by Crippen LogP contribution is -2.49. The highest BCUT2D eigenvalue weighted by Gasteiger charge is 2.24. The number of piperazine rings is 1. The van der Waals surface area contributed by atoms with Gasteiger partial charge in [-0.3, -0.25) is 14.5 Å². The fourth-order valence-corrected chi connectivity index (χ4v) is 3.16. The highest BCUT2D eigenvalue weighted by Crippen LogP contribution is 2.18. The van der Waals surface area contributed by atoms with Gasteiger partial charge in [0.2, 0.25) is 0 Å². The molecule has 1 aliphatic rings. The molecule has 1 heterocycles. The molecule has 2 aromatic rings. The third-order valence-electron chi connectivity index (χ3n) is 4.50. The summed E-state index contributed by atoms with van der Waals surface area (Å²) < 4.78 is 0. The van der Waals surface area contributed by atoms with E-state index < -0.39 is 0 Å². The van der Waals surface area contributed by atoms with E-state index in [1.165, 1.54) is 0 Å². The number of Topliss-reactive ketones (excluding diaryl/α,β-unsaturated/α-hetero) is 1. The van der Waals surface area contributed by atoms with E-state index in [1.807, 2.05) is 43.3 Å². The Morgan fingerprint density at radius 1 is 0.960 bits per heavy atom. The molecule has 5 heteroatoms. The Labute approximate surface area is 153 Å². The van der Waals surface area contributed by atoms with Crippen LogP contribution in [0.4, 0.5) is 0 Å². The molecule has 4 nitrogen and oxygen atoms in total. The Hall–Kier alpha value is -2.17. The molecule has 0 aliphatic carbocycles. The first-order chi connectivity index (χ1) is 12.0. The van der Waals surface area contributed by atoms with Crippen LogP contribution >= 0.6 is 11.6 Å². The summed E-state index contributed by atoms with van der Waals surface area (Å²) in [5, 5.41) is 0.476. The molecular weight excluding hydrogens is 336 g/mol. The second kappa shape index (κ2) is 7.81. The Balaban J connectivity index is 1.55. The molecule has 0 N–H and O–H groups in total. The van der Waals surface area contributed by atoms with E-state index in [-0.39, 0.29) is 11.7 Å². The molecule has 2 aromatic carbocycles. The minimum Gasteiger partial charge on any atom is -0.336 e. The number of amides is 1. The van der Waals surface area contributed by atoms with E-state index in [0.717, 1.165) is 11.1 Å². The maximum absolute atomic E-state index is 12.6. The topological polar surface area (TPSA) is 40.6 Å². The van der Waals surface area contributed by atoms with Gasteiger partial charge in [0.15, 0.2) is 5.78 Å². The number of hydrogen-bond acceptors (Lipinski definition) is 3. The van der Waals surface area contributed by atoms with Crippen molar-refractivity contribution in [2.75, 3.05) is 32.7 Å². The molecule has 0 atom stereocenters. The van der Waals surface area contributed by atoms with Crippen LogP contribution in [0.25, 0.3) is 0 Å². The van der Waals surface area contributed by atoms with Gasteiger partial charge >= 0.3 is 0 Å². The SMILES string of the molecule is Cc1ccc(C(=O)CN2CCN(C(=O)c3ccccc3Cl)CC2)cc1. The molecule has 130 valence electrons. The van der Waals surface area contributed by atoms with Gasteiger partial charge in [0, 0.05) is 31.7 Å². The van der Waals surface area contributed by atoms with Crippen molar-refractivity contribution in [3.05, 3.63) is 70.2 Å². The number of rotatable bonds is 4. The molecule has 0 radical (unpaired) electrons. The van der Waals surface area contributed by atoms with Gasteiger partial charge in [-0.05, 0) is 19.1 Å². The third kappa shape index (κ3) is 4.27. The number of benzene rings is 2. The van der Waals surface area contributed by atoms with Crippen molar-refractivity contribution < 1.29 is 9.59 Å². The van der Waals surface area contributed by atoms with Crippen molar-refractivity contribution in [3.8, 4) is 0 Å². The molecule has 0 saturated carbocycles. The lowest BCUT2D eigenvalue weighted by atomic mass is 10.1. The second-order valence-electron chi connectivity index (χ2n) is 6.34. The highest BCUT2D eigenvalue weighted by atomic mass is 35.5. The lowest BCUT2D eigenvalue weighted by molar-refractivity contribution is 0.0624. The van der Waals surface area contributed by atoms with Gasteiger partial charge < -0.3 is 4.90 Å². The van der Waals surface area contributed by atoms with E-state index >= 15 is 0 Å². The molecular formula is C20H21ClN2O2. The summed E-state index contributed by atoms with van der Waals surface area (Å²) in [7, 11) is 0. The smallest absolute Gasteiger partial charge is 0.255 e. The van der Waals surface area contributed by atoms with Crippen LogP contribution in [0.2, 0.25) is 5.02 Å². The fourth-order valence-electron chi connectivity index (χ4n) is 2.95. The molecule has 0 aromatic heterocycles. The zero-order valence-electron chi connectivity index (χ0n) is 14.2. The van der Waals surface area contributed by atoms with Crippen LogP contribution in [-0.4, -0.2) is 54.2 Å². The van der Waals surface area contributed by atoms with Gasteiger partial charge in [0.05, 0.1) is 17.1 Å². The van der Waals surface area contributed by atoms with Gasteiger partial charge in [0.1, 0.15) is 0 Å². The van der Waals surface area contributed by atoms with Gasteiger partial charge in [-0.25, -0.2) is 0 Å². The van der Waals surface area contributed by atoms with Crippen LogP contribution < -0.4 is 0 Å². The number of ketones is 1. The molecule has 0 unspecified atom stereocenters. The molecule has 0 spiro atoms. The standard InChI is InChI=1S/C20H21ClN2O2/c1-15-6-8-16(9-7-15)19(24)14-22-10-12-23(13-11-22)20(25)17-4-2-3-5-18(17)21/h2-9H,10-14H2,1H3. The summed E-state index contributed by atoms with van der Waals surface area (Å²) >= 11 is 6.11. The van der Waals surface area contributed by atoms with E-state index in [9.17, 15) is 9.59 Å². The van der Waals surface area contributed by atoms with Gasteiger partial charge in [-0.1, -0.05) is 53.6 Å². The summed E-state index contributed by atoms with van der Waals surface area (Å²) in [4.78, 5) is 28.8. The first kappa shape index (κ1) is 17.6. The first-order valence-electron chi connectivity index (χ1n) is 8.40. The number of carbonyl (C=O) groups is 2. The van der Waals surface area contributed by atoms with Crippen molar-refractivity contribution in [3.63, 3.8) is 0 Å². The zero-order chi connectivity index (χ0) is 17.8. The van der Waals surface area contributed by atoms with Crippen LogP contribution in [-0.2, 0) is 0 Å². The molecule has 1 aliphatic heterocycles. The van der Waals surface area contributed by atoms with Gasteiger partial charge in [-0.2, -0.15) is 0 Å². The van der Waals surface area contributed by atoms with Crippen LogP contribution in [0, 0.1) is 6.92 Å². The molecule has 0 bridgehead atoms. The molecule has 1 amide bonds. The average Bonchev–Trinajstić information content (AvgIpc) is 2.63. The number of aryl methyl sites for hydroxylation is 1. The van der Waals surface area contributed by atoms with Crippen molar-refractivity contribution in [2.45, 2.75) is 6.92 Å². The quantitative estimate of drug-likeness (QED) is 0.789. The van der Waals surface area contributed by atoms with E-state index in [0.29, 0.717) is 43.3 Å². The van der Waals surface area contributed by atoms with Crippen molar-refractivity contribution in [1.82, 2.24) is 9.80 Å². The number of nitrogens with zero attached hydrogens (tertiary/aromatic N) is 2. The van der Waals surface area contributed by atoms with Crippen molar-refractivity contribution in [1.29, 1.82) is 0 Å². The molecule has 1 fully saturated rings. The molecule has 3 rings (SSSR count). The van der Waals surface area contributed by atoms with Gasteiger partial charge in [0.25, 0.3) is 5.91 Å². The number of hydrogen-bond donors (Lipinski definition) is 0. The minimum absolute atomic E-state index is 0.0462. The second-order valence-corrected chi connectivity index (χ2v) is 6.74. The van der Waals surface area contributed by atoms with Crippen LogP contribution in [0.15, 0.2) is 48.5 Å². The summed E-state index contributed by atoms with van der Waals surface area (Å²) in [5.41, 5.74) is 2.41. The summed E-state index contributed by atoms with van der Waals surface area (Å²) in [6, 6.07) is 14.7. The number of halogens is 1. The Kier molecular flexibility index (Phi) is 5.51. The van der Waals surface area contributed by atoms with Crippen molar-refractivity contribution in [2.24, 2.45) is 0 Å². The third-order valence-corrected chi connectivity index (χ3v) is 4.83. The minimum atomic E-state index is -0.0462. The largest absolute Gasteiger partial charge is 0.336 e. The lowest BCUT2D eigenvalue weighted by Gasteiger charge is -2.34. The first-order valence-corrected chi connectivity index (χ1v) is 8.78. The number of carbonyl (C=O) groups excluding carboxylic acids is 2. The predicted octanol–water partition coefficient (Wildman–Crippen LogP) is 3.29. The monoisotopic (exact) mass is 356 g/mol. The van der Waals surface area contributed by atoms with Crippen molar-refractivity contribution >= 4 is 23.3 Å². The fraction of sp³-hybridized carbons (Fsp3) is 0.300. The Bertz CT molecular complexity index is 766. The van der Waals surface area contributed by atoms with E-state index in [2.05, 4.69) is 4.90 Å². The molecule has 25 heavy (non-hydrogen) atoms. The maximum atomic E-state index is 12.6. The van der Waals surface area contributed by atoms with E-state index in [1.54, 1.807) is 17.0 Å². The summed E-state index contributed by atoms with van der Waals surface area (Å²) in [5.74, 6) is 0.0704. The predicted molar refractivity (Wildman–Crippen MR) is 99.3 cm³/mol.